The monoisotopic (exact) mass is 409 g/mol. The number of hydrogen-bond donors (Lipinski definition) is 2. The molecule has 2 aromatic carbocycles. The minimum atomic E-state index is -0.181. The Morgan fingerprint density at radius 3 is 2.61 bits per heavy atom. The smallest absolute Gasteiger partial charge is 0.145 e. The maximum atomic E-state index is 5.96. The van der Waals surface area contributed by atoms with Gasteiger partial charge in [-0.1, -0.05) is 11.8 Å². The van der Waals surface area contributed by atoms with Crippen molar-refractivity contribution in [1.82, 2.24) is 15.0 Å². The van der Waals surface area contributed by atoms with Gasteiger partial charge in [-0.3, -0.25) is 4.98 Å². The van der Waals surface area contributed by atoms with Crippen molar-refractivity contribution in [2.24, 2.45) is 5.73 Å². The first kappa shape index (κ1) is 20.3. The van der Waals surface area contributed by atoms with Crippen LogP contribution in [-0.2, 0) is 0 Å². The number of aromatic nitrogens is 3. The summed E-state index contributed by atoms with van der Waals surface area (Å²) in [6.45, 7) is 5.80. The third-order valence-corrected chi connectivity index (χ3v) is 4.63. The van der Waals surface area contributed by atoms with Crippen LogP contribution in [0.1, 0.15) is 23.7 Å². The Hall–Kier alpha value is -3.95. The Morgan fingerprint density at radius 1 is 1.00 bits per heavy atom. The second kappa shape index (κ2) is 8.82. The summed E-state index contributed by atoms with van der Waals surface area (Å²) in [6.07, 6.45) is 3.27. The van der Waals surface area contributed by atoms with Crippen LogP contribution in [0.25, 0.3) is 10.9 Å². The number of nitrogens with two attached hydrogens (primary N) is 1. The second-order valence-electron chi connectivity index (χ2n) is 7.35. The van der Waals surface area contributed by atoms with E-state index in [1.807, 2.05) is 69.3 Å². The first-order chi connectivity index (χ1) is 15.0. The zero-order valence-electron chi connectivity index (χ0n) is 17.7. The number of benzene rings is 2. The highest BCUT2D eigenvalue weighted by Crippen LogP contribution is 2.29. The molecule has 0 aliphatic carbocycles. The number of nitrogens with zero attached hydrogens (tertiary/aromatic N) is 3. The van der Waals surface area contributed by atoms with E-state index in [1.54, 1.807) is 12.5 Å². The SMILES string of the molecule is Cc1ccc(Oc2ccc(Nc3ncnc4ccc(C#CC(C)N)cc34)cc2C)cn1. The van der Waals surface area contributed by atoms with Crippen LogP contribution in [0.5, 0.6) is 11.5 Å². The van der Waals surface area contributed by atoms with Crippen molar-refractivity contribution in [3.8, 4) is 23.3 Å². The van der Waals surface area contributed by atoms with Gasteiger partial charge in [0.15, 0.2) is 0 Å². The van der Waals surface area contributed by atoms with Gasteiger partial charge in [0, 0.05) is 22.3 Å². The van der Waals surface area contributed by atoms with E-state index < -0.39 is 0 Å². The normalized spacial score (nSPS) is 11.5. The van der Waals surface area contributed by atoms with Crippen LogP contribution >= 0.6 is 0 Å². The van der Waals surface area contributed by atoms with E-state index in [0.29, 0.717) is 11.6 Å². The van der Waals surface area contributed by atoms with Crippen LogP contribution in [0.3, 0.4) is 0 Å². The molecule has 4 rings (SSSR count). The molecule has 0 saturated carbocycles. The van der Waals surface area contributed by atoms with Crippen molar-refractivity contribution in [3.05, 3.63) is 77.9 Å². The van der Waals surface area contributed by atoms with Crippen LogP contribution < -0.4 is 15.8 Å². The molecule has 0 bridgehead atoms. The van der Waals surface area contributed by atoms with E-state index in [9.17, 15) is 0 Å². The predicted molar refractivity (Wildman–Crippen MR) is 124 cm³/mol. The van der Waals surface area contributed by atoms with Gasteiger partial charge in [0.05, 0.1) is 17.8 Å². The Morgan fingerprint density at radius 2 is 1.87 bits per heavy atom. The lowest BCUT2D eigenvalue weighted by atomic mass is 10.1. The zero-order chi connectivity index (χ0) is 21.8. The predicted octanol–water partition coefficient (Wildman–Crippen LogP) is 4.88. The van der Waals surface area contributed by atoms with Gasteiger partial charge in [0.25, 0.3) is 0 Å². The lowest BCUT2D eigenvalue weighted by molar-refractivity contribution is 0.476. The van der Waals surface area contributed by atoms with E-state index in [-0.39, 0.29) is 6.04 Å². The lowest BCUT2D eigenvalue weighted by Gasteiger charge is -2.12. The van der Waals surface area contributed by atoms with Crippen LogP contribution in [0, 0.1) is 25.7 Å². The fourth-order valence-corrected chi connectivity index (χ4v) is 3.05. The van der Waals surface area contributed by atoms with Crippen molar-refractivity contribution in [3.63, 3.8) is 0 Å². The van der Waals surface area contributed by atoms with Crippen LogP contribution in [0.4, 0.5) is 11.5 Å². The molecular formula is C25H23N5O. The molecule has 6 nitrogen and oxygen atoms in total. The zero-order valence-corrected chi connectivity index (χ0v) is 17.7. The van der Waals surface area contributed by atoms with Gasteiger partial charge in [-0.25, -0.2) is 9.97 Å². The number of hydrogen-bond acceptors (Lipinski definition) is 6. The molecule has 1 atom stereocenters. The molecule has 0 fully saturated rings. The standard InChI is InChI=1S/C25H23N5O/c1-16-12-20(8-11-24(16)31-21-9-5-18(3)27-14-21)30-25-22-13-19(6-4-17(2)26)7-10-23(22)28-15-29-25/h5,7-15,17H,26H2,1-3H3,(H,28,29,30). The maximum Gasteiger partial charge on any atom is 0.145 e. The van der Waals surface area contributed by atoms with Gasteiger partial charge in [0.2, 0.25) is 0 Å². The van der Waals surface area contributed by atoms with Crippen molar-refractivity contribution in [2.75, 3.05) is 5.32 Å². The second-order valence-corrected chi connectivity index (χ2v) is 7.35. The summed E-state index contributed by atoms with van der Waals surface area (Å²) in [5.41, 5.74) is 10.3. The molecule has 0 aliphatic rings. The number of rotatable bonds is 4. The van der Waals surface area contributed by atoms with Crippen molar-refractivity contribution in [1.29, 1.82) is 0 Å². The summed E-state index contributed by atoms with van der Waals surface area (Å²) >= 11 is 0. The highest BCUT2D eigenvalue weighted by atomic mass is 16.5. The van der Waals surface area contributed by atoms with E-state index in [0.717, 1.165) is 39.2 Å². The summed E-state index contributed by atoms with van der Waals surface area (Å²) in [4.78, 5) is 13.1. The quantitative estimate of drug-likeness (QED) is 0.468. The number of fused-ring (bicyclic) bond motifs is 1. The van der Waals surface area contributed by atoms with E-state index in [1.165, 1.54) is 0 Å². The van der Waals surface area contributed by atoms with E-state index in [2.05, 4.69) is 32.1 Å². The molecule has 0 spiro atoms. The summed E-state index contributed by atoms with van der Waals surface area (Å²) in [5.74, 6) is 8.26. The molecule has 154 valence electrons. The molecule has 2 heterocycles. The number of ether oxygens (including phenoxy) is 1. The van der Waals surface area contributed by atoms with Gasteiger partial charge < -0.3 is 15.8 Å². The Balaban J connectivity index is 1.60. The Kier molecular flexibility index (Phi) is 5.78. The van der Waals surface area contributed by atoms with Crippen LogP contribution in [-0.4, -0.2) is 21.0 Å². The first-order valence-corrected chi connectivity index (χ1v) is 9.98. The molecule has 0 aliphatic heterocycles. The van der Waals surface area contributed by atoms with Crippen molar-refractivity contribution >= 4 is 22.4 Å². The molecule has 1 unspecified atom stereocenters. The summed E-state index contributed by atoms with van der Waals surface area (Å²) in [7, 11) is 0. The summed E-state index contributed by atoms with van der Waals surface area (Å²) in [6, 6.07) is 15.4. The van der Waals surface area contributed by atoms with Crippen LogP contribution in [0.15, 0.2) is 61.1 Å². The van der Waals surface area contributed by atoms with E-state index >= 15 is 0 Å². The fraction of sp³-hybridized carbons (Fsp3) is 0.160. The first-order valence-electron chi connectivity index (χ1n) is 9.98. The highest BCUT2D eigenvalue weighted by Gasteiger charge is 2.08. The molecule has 2 aromatic heterocycles. The minimum absolute atomic E-state index is 0.181. The number of anilines is 2. The van der Waals surface area contributed by atoms with Crippen LogP contribution in [0.2, 0.25) is 0 Å². The molecule has 0 amide bonds. The molecule has 0 saturated heterocycles. The molecule has 3 N–H and O–H groups in total. The Bertz CT molecular complexity index is 1290. The van der Waals surface area contributed by atoms with Crippen molar-refractivity contribution < 1.29 is 4.74 Å². The largest absolute Gasteiger partial charge is 0.455 e. The molecule has 6 heteroatoms. The molecule has 4 aromatic rings. The molecule has 31 heavy (non-hydrogen) atoms. The highest BCUT2D eigenvalue weighted by molar-refractivity contribution is 5.91. The Labute approximate surface area is 181 Å². The molecular weight excluding hydrogens is 386 g/mol. The third-order valence-electron chi connectivity index (χ3n) is 4.63. The summed E-state index contributed by atoms with van der Waals surface area (Å²) in [5, 5.41) is 4.28. The average molecular weight is 409 g/mol. The number of nitrogens with one attached hydrogen (secondary N) is 1. The average Bonchev–Trinajstić information content (AvgIpc) is 2.76. The minimum Gasteiger partial charge on any atom is -0.455 e. The summed E-state index contributed by atoms with van der Waals surface area (Å²) < 4.78 is 5.96. The number of pyridine rings is 1. The van der Waals surface area contributed by atoms with Crippen molar-refractivity contribution in [2.45, 2.75) is 26.8 Å². The van der Waals surface area contributed by atoms with Gasteiger partial charge in [-0.15, -0.1) is 0 Å². The third kappa shape index (κ3) is 4.97. The fourth-order valence-electron chi connectivity index (χ4n) is 3.05. The number of aryl methyl sites for hydroxylation is 2. The van der Waals surface area contributed by atoms with Gasteiger partial charge in [-0.05, 0) is 74.9 Å². The topological polar surface area (TPSA) is 86.0 Å². The molecule has 0 radical (unpaired) electrons. The van der Waals surface area contributed by atoms with E-state index in [4.69, 9.17) is 10.5 Å². The van der Waals surface area contributed by atoms with Gasteiger partial charge in [0.1, 0.15) is 23.6 Å². The van der Waals surface area contributed by atoms with Gasteiger partial charge >= 0.3 is 0 Å². The lowest BCUT2D eigenvalue weighted by Crippen LogP contribution is -2.10. The van der Waals surface area contributed by atoms with Gasteiger partial charge in [-0.2, -0.15) is 0 Å². The maximum absolute atomic E-state index is 5.96.